The van der Waals surface area contributed by atoms with E-state index >= 15 is 0 Å². The van der Waals surface area contributed by atoms with Crippen molar-refractivity contribution in [2.24, 2.45) is 0 Å². The highest BCUT2D eigenvalue weighted by molar-refractivity contribution is 9.10. The summed E-state index contributed by atoms with van der Waals surface area (Å²) in [7, 11) is -0.771. The van der Waals surface area contributed by atoms with Gasteiger partial charge < -0.3 is 14.8 Å². The molecule has 9 heteroatoms. The fourth-order valence-electron chi connectivity index (χ4n) is 3.39. The molecule has 0 bridgehead atoms. The monoisotopic (exact) mass is 545 g/mol. The summed E-state index contributed by atoms with van der Waals surface area (Å²) in [5.74, 6) is 0.288. The lowest BCUT2D eigenvalue weighted by Gasteiger charge is -2.20. The predicted octanol–water partition coefficient (Wildman–Crippen LogP) is 5.53. The van der Waals surface area contributed by atoms with Gasteiger partial charge in [0.2, 0.25) is 0 Å². The van der Waals surface area contributed by atoms with Gasteiger partial charge in [0.05, 0.1) is 41.0 Å². The molecule has 33 heavy (non-hydrogen) atoms. The van der Waals surface area contributed by atoms with Gasteiger partial charge in [-0.3, -0.25) is 4.79 Å². The van der Waals surface area contributed by atoms with E-state index in [1.807, 2.05) is 24.3 Å². The molecule has 0 atom stereocenters. The van der Waals surface area contributed by atoms with E-state index in [0.717, 1.165) is 14.9 Å². The Morgan fingerprint density at radius 1 is 1.00 bits per heavy atom. The van der Waals surface area contributed by atoms with Crippen LogP contribution in [0.4, 0.5) is 5.69 Å². The molecule has 0 saturated carbocycles. The van der Waals surface area contributed by atoms with Gasteiger partial charge in [-0.15, -0.1) is 0 Å². The lowest BCUT2D eigenvalue weighted by molar-refractivity contribution is -0.112. The van der Waals surface area contributed by atoms with Gasteiger partial charge in [0.1, 0.15) is 11.5 Å². The number of hydrogen-bond acceptors (Lipinski definition) is 6. The molecule has 3 aromatic rings. The fraction of sp³-hybridized carbons (Fsp3) is 0.125. The molecule has 0 unspecified atom stereocenters. The predicted molar refractivity (Wildman–Crippen MR) is 133 cm³/mol. The number of halogens is 1. The number of anilines is 1. The Kier molecular flexibility index (Phi) is 6.83. The lowest BCUT2D eigenvalue weighted by atomic mass is 10.2. The van der Waals surface area contributed by atoms with Crippen LogP contribution in [-0.2, 0) is 20.4 Å². The van der Waals surface area contributed by atoms with Crippen LogP contribution >= 0.6 is 27.7 Å². The number of fused-ring (bicyclic) bond motifs is 1. The topological polar surface area (TPSA) is 81.7 Å². The lowest BCUT2D eigenvalue weighted by Crippen LogP contribution is -2.18. The average Bonchev–Trinajstić information content (AvgIpc) is 2.80. The maximum absolute atomic E-state index is 13.2. The summed E-state index contributed by atoms with van der Waals surface area (Å²) in [4.78, 5) is 14.1. The highest BCUT2D eigenvalue weighted by Gasteiger charge is 2.26. The van der Waals surface area contributed by atoms with E-state index < -0.39 is 9.84 Å². The smallest absolute Gasteiger partial charge is 0.262 e. The molecule has 0 radical (unpaired) electrons. The maximum atomic E-state index is 13.2. The molecule has 6 nitrogen and oxygen atoms in total. The van der Waals surface area contributed by atoms with Crippen LogP contribution in [0.1, 0.15) is 11.1 Å². The van der Waals surface area contributed by atoms with Crippen molar-refractivity contribution in [3.8, 4) is 11.5 Å². The summed E-state index contributed by atoms with van der Waals surface area (Å²) in [6.45, 7) is 0. The Labute approximate surface area is 205 Å². The number of nitrogens with one attached hydrogen (secondary N) is 1. The summed E-state index contributed by atoms with van der Waals surface area (Å²) >= 11 is 4.70. The van der Waals surface area contributed by atoms with Crippen LogP contribution in [-0.4, -0.2) is 28.5 Å². The van der Waals surface area contributed by atoms with Gasteiger partial charge in [0.25, 0.3) is 5.91 Å². The molecule has 0 aliphatic carbocycles. The highest BCUT2D eigenvalue weighted by Crippen LogP contribution is 2.41. The fourth-order valence-corrected chi connectivity index (χ4v) is 5.99. The first-order chi connectivity index (χ1) is 15.8. The van der Waals surface area contributed by atoms with Gasteiger partial charge in [0.15, 0.2) is 9.84 Å². The molecule has 0 spiro atoms. The summed E-state index contributed by atoms with van der Waals surface area (Å²) in [5.41, 5.74) is 1.80. The summed E-state index contributed by atoms with van der Waals surface area (Å²) in [6, 6.07) is 17.5. The Bertz CT molecular complexity index is 1330. The first kappa shape index (κ1) is 23.4. The van der Waals surface area contributed by atoms with Crippen LogP contribution in [0.25, 0.3) is 6.08 Å². The first-order valence-corrected chi connectivity index (χ1v) is 13.1. The number of thioether (sulfide) groups is 1. The highest BCUT2D eigenvalue weighted by atomic mass is 79.9. The zero-order valence-electron chi connectivity index (χ0n) is 17.8. The van der Waals surface area contributed by atoms with Crippen LogP contribution in [0.2, 0.25) is 0 Å². The summed E-state index contributed by atoms with van der Waals surface area (Å²) in [6.07, 6.45) is 1.80. The van der Waals surface area contributed by atoms with Crippen LogP contribution in [0.3, 0.4) is 0 Å². The molecule has 0 saturated heterocycles. The Hall–Kier alpha value is -2.75. The van der Waals surface area contributed by atoms with E-state index in [-0.39, 0.29) is 16.6 Å². The third kappa shape index (κ3) is 5.10. The Morgan fingerprint density at radius 3 is 2.30 bits per heavy atom. The zero-order chi connectivity index (χ0) is 23.6. The molecule has 1 amide bonds. The molecule has 1 heterocycles. The number of rotatable bonds is 6. The molecular formula is C24H20BrNO5S2. The van der Waals surface area contributed by atoms with Crippen molar-refractivity contribution >= 4 is 55.2 Å². The van der Waals surface area contributed by atoms with Crippen LogP contribution in [0.15, 0.2) is 79.8 Å². The van der Waals surface area contributed by atoms with Crippen LogP contribution in [0.5, 0.6) is 11.5 Å². The summed E-state index contributed by atoms with van der Waals surface area (Å²) < 4.78 is 38.0. The SMILES string of the molecule is COc1cccc(OC)c1CS(=O)(=O)c1ccc2c(c1)NC(=O)/C(=C\c1ccc(Br)cc1)S2. The quantitative estimate of drug-likeness (QED) is 0.410. The van der Waals surface area contributed by atoms with Crippen molar-refractivity contribution in [1.82, 2.24) is 0 Å². The summed E-state index contributed by atoms with van der Waals surface area (Å²) in [5, 5.41) is 2.81. The second-order valence-corrected chi connectivity index (χ2v) is 11.2. The minimum atomic E-state index is -3.74. The molecule has 3 aromatic carbocycles. The molecule has 1 aliphatic rings. The standard InChI is InChI=1S/C24H20BrNO5S2/c1-30-20-4-3-5-21(31-2)18(20)14-33(28,29)17-10-11-22-19(13-17)26-24(27)23(32-22)12-15-6-8-16(25)9-7-15/h3-13H,14H2,1-2H3,(H,26,27)/b23-12+. The van der Waals surface area contributed by atoms with E-state index in [9.17, 15) is 13.2 Å². The minimum absolute atomic E-state index is 0.107. The molecule has 170 valence electrons. The minimum Gasteiger partial charge on any atom is -0.496 e. The van der Waals surface area contributed by atoms with Gasteiger partial charge in [-0.1, -0.05) is 45.9 Å². The number of benzene rings is 3. The number of carbonyl (C=O) groups excluding carboxylic acids is 1. The molecule has 1 aliphatic heterocycles. The number of sulfone groups is 1. The van der Waals surface area contributed by atoms with Gasteiger partial charge in [-0.2, -0.15) is 0 Å². The van der Waals surface area contributed by atoms with E-state index in [2.05, 4.69) is 21.2 Å². The van der Waals surface area contributed by atoms with Crippen molar-refractivity contribution in [2.75, 3.05) is 19.5 Å². The Balaban J connectivity index is 1.63. The molecule has 0 fully saturated rings. The second-order valence-electron chi connectivity index (χ2n) is 7.17. The molecular weight excluding hydrogens is 526 g/mol. The average molecular weight is 546 g/mol. The van der Waals surface area contributed by atoms with Gasteiger partial charge in [0, 0.05) is 9.37 Å². The normalized spacial score (nSPS) is 14.5. The number of carbonyl (C=O) groups is 1. The molecule has 4 rings (SSSR count). The van der Waals surface area contributed by atoms with Gasteiger partial charge in [-0.05, 0) is 54.1 Å². The number of hydrogen-bond donors (Lipinski definition) is 1. The third-order valence-electron chi connectivity index (χ3n) is 5.03. The van der Waals surface area contributed by atoms with Crippen LogP contribution < -0.4 is 14.8 Å². The zero-order valence-corrected chi connectivity index (χ0v) is 21.0. The van der Waals surface area contributed by atoms with E-state index in [1.54, 1.807) is 36.4 Å². The van der Waals surface area contributed by atoms with Gasteiger partial charge in [-0.25, -0.2) is 8.42 Å². The number of methoxy groups -OCH3 is 2. The van der Waals surface area contributed by atoms with Crippen molar-refractivity contribution in [3.05, 3.63) is 81.2 Å². The number of ether oxygens (including phenoxy) is 2. The van der Waals surface area contributed by atoms with E-state index in [0.29, 0.717) is 27.7 Å². The largest absolute Gasteiger partial charge is 0.496 e. The second kappa shape index (κ2) is 9.62. The van der Waals surface area contributed by atoms with Crippen molar-refractivity contribution in [2.45, 2.75) is 15.5 Å². The van der Waals surface area contributed by atoms with E-state index in [1.165, 1.54) is 32.0 Å². The maximum Gasteiger partial charge on any atom is 0.262 e. The van der Waals surface area contributed by atoms with Gasteiger partial charge >= 0.3 is 0 Å². The molecule has 0 aromatic heterocycles. The Morgan fingerprint density at radius 2 is 1.67 bits per heavy atom. The van der Waals surface area contributed by atoms with Crippen molar-refractivity contribution in [3.63, 3.8) is 0 Å². The number of amides is 1. The molecule has 1 N–H and O–H groups in total. The first-order valence-electron chi connectivity index (χ1n) is 9.84. The third-order valence-corrected chi connectivity index (χ3v) is 8.30. The van der Waals surface area contributed by atoms with Crippen molar-refractivity contribution in [1.29, 1.82) is 0 Å². The van der Waals surface area contributed by atoms with Crippen LogP contribution in [0, 0.1) is 0 Å². The van der Waals surface area contributed by atoms with Crippen molar-refractivity contribution < 1.29 is 22.7 Å². The van der Waals surface area contributed by atoms with E-state index in [4.69, 9.17) is 9.47 Å².